The molecule has 2 saturated heterocycles. The quantitative estimate of drug-likeness (QED) is 0.855. The number of aliphatic hydroxyl groups is 1. The molecule has 0 bridgehead atoms. The van der Waals surface area contributed by atoms with Crippen molar-refractivity contribution in [2.24, 2.45) is 0 Å². The van der Waals surface area contributed by atoms with Gasteiger partial charge >= 0.3 is 0 Å². The molecule has 2 aliphatic rings. The number of hydrogen-bond acceptors (Lipinski definition) is 4. The summed E-state index contributed by atoms with van der Waals surface area (Å²) in [6, 6.07) is 6.36. The number of carbonyl (C=O) groups excluding carboxylic acids is 1. The molecular formula is C17H24FN3O2. The third-order valence-corrected chi connectivity index (χ3v) is 4.63. The predicted molar refractivity (Wildman–Crippen MR) is 85.3 cm³/mol. The number of hydrogen-bond donors (Lipinski definition) is 2. The molecule has 0 aliphatic carbocycles. The van der Waals surface area contributed by atoms with Crippen molar-refractivity contribution in [1.82, 2.24) is 15.1 Å². The molecule has 2 aliphatic heterocycles. The van der Waals surface area contributed by atoms with Crippen LogP contribution in [0, 0.1) is 5.82 Å². The zero-order chi connectivity index (χ0) is 16.2. The summed E-state index contributed by atoms with van der Waals surface area (Å²) in [7, 11) is 0. The monoisotopic (exact) mass is 321 g/mol. The molecule has 1 amide bonds. The number of amides is 1. The molecule has 6 heteroatoms. The number of nitrogens with zero attached hydrogens (tertiary/aromatic N) is 2. The predicted octanol–water partition coefficient (Wildman–Crippen LogP) is 0.583. The van der Waals surface area contributed by atoms with Crippen molar-refractivity contribution in [3.8, 4) is 0 Å². The maximum atomic E-state index is 13.0. The molecule has 2 atom stereocenters. The Hall–Kier alpha value is -1.50. The first kappa shape index (κ1) is 16.4. The van der Waals surface area contributed by atoms with Crippen LogP contribution in [0.4, 0.5) is 4.39 Å². The minimum Gasteiger partial charge on any atom is -0.392 e. The van der Waals surface area contributed by atoms with Crippen LogP contribution < -0.4 is 5.32 Å². The van der Waals surface area contributed by atoms with Gasteiger partial charge in [-0.25, -0.2) is 4.39 Å². The minimum atomic E-state index is -0.411. The second kappa shape index (κ2) is 7.38. The number of rotatable bonds is 3. The van der Waals surface area contributed by atoms with Crippen LogP contribution >= 0.6 is 0 Å². The van der Waals surface area contributed by atoms with Crippen molar-refractivity contribution >= 4 is 5.91 Å². The number of benzene rings is 1. The highest BCUT2D eigenvalue weighted by molar-refractivity contribution is 5.82. The Morgan fingerprint density at radius 1 is 1.22 bits per heavy atom. The highest BCUT2D eigenvalue weighted by Crippen LogP contribution is 2.14. The van der Waals surface area contributed by atoms with Gasteiger partial charge in [-0.05, 0) is 30.5 Å². The van der Waals surface area contributed by atoms with Crippen LogP contribution in [0.3, 0.4) is 0 Å². The van der Waals surface area contributed by atoms with E-state index in [2.05, 4.69) is 10.2 Å². The molecule has 3 rings (SSSR count). The van der Waals surface area contributed by atoms with Crippen LogP contribution in [-0.2, 0) is 11.3 Å². The average molecular weight is 321 g/mol. The van der Waals surface area contributed by atoms with Gasteiger partial charge in [-0.3, -0.25) is 9.69 Å². The highest BCUT2D eigenvalue weighted by Gasteiger charge is 2.31. The van der Waals surface area contributed by atoms with Gasteiger partial charge in [0.2, 0.25) is 5.91 Å². The molecule has 0 spiro atoms. The number of carbonyl (C=O) groups is 1. The standard InChI is InChI=1S/C17H24FN3O2/c18-14-4-2-13(3-5-14)12-20-6-1-7-21(9-8-20)17(23)16-10-15(22)11-19-16/h2-5,15-16,19,22H,1,6-12H2/t15-,16+/m1/s1. The number of nitrogens with one attached hydrogen (secondary N) is 1. The normalized spacial score (nSPS) is 26.3. The third-order valence-electron chi connectivity index (χ3n) is 4.63. The Balaban J connectivity index is 1.52. The van der Waals surface area contributed by atoms with Crippen LogP contribution in [0.15, 0.2) is 24.3 Å². The smallest absolute Gasteiger partial charge is 0.239 e. The first-order valence-corrected chi connectivity index (χ1v) is 8.29. The van der Waals surface area contributed by atoms with Gasteiger partial charge in [-0.15, -0.1) is 0 Å². The van der Waals surface area contributed by atoms with E-state index >= 15 is 0 Å². The lowest BCUT2D eigenvalue weighted by atomic mass is 10.2. The molecule has 0 saturated carbocycles. The maximum absolute atomic E-state index is 13.0. The highest BCUT2D eigenvalue weighted by atomic mass is 19.1. The summed E-state index contributed by atoms with van der Waals surface area (Å²) in [5, 5.41) is 12.6. The van der Waals surface area contributed by atoms with Gasteiger partial charge in [0.15, 0.2) is 0 Å². The van der Waals surface area contributed by atoms with Crippen LogP contribution in [0.25, 0.3) is 0 Å². The van der Waals surface area contributed by atoms with Crippen molar-refractivity contribution in [3.63, 3.8) is 0 Å². The van der Waals surface area contributed by atoms with Crippen molar-refractivity contribution in [3.05, 3.63) is 35.6 Å². The maximum Gasteiger partial charge on any atom is 0.239 e. The van der Waals surface area contributed by atoms with E-state index in [1.54, 1.807) is 0 Å². The Labute approximate surface area is 136 Å². The summed E-state index contributed by atoms with van der Waals surface area (Å²) in [5.41, 5.74) is 1.09. The molecule has 2 fully saturated rings. The molecule has 2 N–H and O–H groups in total. The molecule has 5 nitrogen and oxygen atoms in total. The SMILES string of the molecule is O=C([C@@H]1C[C@@H](O)CN1)N1CCCN(Cc2ccc(F)cc2)CC1. The summed E-state index contributed by atoms with van der Waals surface area (Å²) in [6.45, 7) is 4.49. The zero-order valence-electron chi connectivity index (χ0n) is 13.2. The van der Waals surface area contributed by atoms with Crippen LogP contribution in [0.5, 0.6) is 0 Å². The lowest BCUT2D eigenvalue weighted by Crippen LogP contribution is -2.45. The van der Waals surface area contributed by atoms with Crippen molar-refractivity contribution in [2.75, 3.05) is 32.7 Å². The van der Waals surface area contributed by atoms with Gasteiger partial charge < -0.3 is 15.3 Å². The van der Waals surface area contributed by atoms with Gasteiger partial charge in [-0.1, -0.05) is 12.1 Å². The molecular weight excluding hydrogens is 297 g/mol. The fourth-order valence-corrected chi connectivity index (χ4v) is 3.32. The lowest BCUT2D eigenvalue weighted by Gasteiger charge is -2.24. The Morgan fingerprint density at radius 2 is 2.00 bits per heavy atom. The number of β-amino-alcohol motifs (C(OH)–C–C–N with tert-alkyl or cyclic N) is 1. The zero-order valence-corrected chi connectivity index (χ0v) is 13.2. The van der Waals surface area contributed by atoms with Gasteiger partial charge in [0.1, 0.15) is 5.82 Å². The van der Waals surface area contributed by atoms with Crippen LogP contribution in [0.1, 0.15) is 18.4 Å². The van der Waals surface area contributed by atoms with Gasteiger partial charge in [0.25, 0.3) is 0 Å². The second-order valence-corrected chi connectivity index (χ2v) is 6.43. The molecule has 0 radical (unpaired) electrons. The fraction of sp³-hybridized carbons (Fsp3) is 0.588. The topological polar surface area (TPSA) is 55.8 Å². The molecule has 2 heterocycles. The van der Waals surface area contributed by atoms with Crippen molar-refractivity contribution in [2.45, 2.75) is 31.5 Å². The lowest BCUT2D eigenvalue weighted by molar-refractivity contribution is -0.133. The Kier molecular flexibility index (Phi) is 5.25. The number of halogens is 1. The Bertz CT molecular complexity index is 537. The molecule has 126 valence electrons. The van der Waals surface area contributed by atoms with Gasteiger partial charge in [-0.2, -0.15) is 0 Å². The van der Waals surface area contributed by atoms with Crippen LogP contribution in [-0.4, -0.2) is 65.7 Å². The minimum absolute atomic E-state index is 0.102. The Morgan fingerprint density at radius 3 is 2.70 bits per heavy atom. The fourth-order valence-electron chi connectivity index (χ4n) is 3.32. The van der Waals surface area contributed by atoms with E-state index in [-0.39, 0.29) is 17.8 Å². The summed E-state index contributed by atoms with van der Waals surface area (Å²) >= 11 is 0. The van der Waals surface area contributed by atoms with E-state index in [4.69, 9.17) is 0 Å². The molecule has 1 aromatic rings. The van der Waals surface area contributed by atoms with E-state index in [0.717, 1.165) is 38.2 Å². The van der Waals surface area contributed by atoms with E-state index in [0.29, 0.717) is 19.5 Å². The summed E-state index contributed by atoms with van der Waals surface area (Å²) in [5.74, 6) is -0.113. The molecule has 0 unspecified atom stereocenters. The van der Waals surface area contributed by atoms with Crippen molar-refractivity contribution < 1.29 is 14.3 Å². The van der Waals surface area contributed by atoms with E-state index in [9.17, 15) is 14.3 Å². The number of aliphatic hydroxyl groups excluding tert-OH is 1. The van der Waals surface area contributed by atoms with Gasteiger partial charge in [0, 0.05) is 39.3 Å². The largest absolute Gasteiger partial charge is 0.392 e. The third kappa shape index (κ3) is 4.28. The first-order valence-electron chi connectivity index (χ1n) is 8.29. The van der Waals surface area contributed by atoms with E-state index in [1.807, 2.05) is 17.0 Å². The molecule has 23 heavy (non-hydrogen) atoms. The van der Waals surface area contributed by atoms with Crippen LogP contribution in [0.2, 0.25) is 0 Å². The summed E-state index contributed by atoms with van der Waals surface area (Å²) in [4.78, 5) is 16.7. The molecule has 0 aromatic heterocycles. The average Bonchev–Trinajstić information content (AvgIpc) is 2.84. The first-order chi connectivity index (χ1) is 11.1. The second-order valence-electron chi connectivity index (χ2n) is 6.43. The van der Waals surface area contributed by atoms with Gasteiger partial charge in [0.05, 0.1) is 12.1 Å². The summed E-state index contributed by atoms with van der Waals surface area (Å²) in [6.07, 6.45) is 1.03. The van der Waals surface area contributed by atoms with E-state index in [1.165, 1.54) is 12.1 Å². The summed E-state index contributed by atoms with van der Waals surface area (Å²) < 4.78 is 13.0. The molecule has 1 aromatic carbocycles. The van der Waals surface area contributed by atoms with E-state index < -0.39 is 6.10 Å². The van der Waals surface area contributed by atoms with Crippen molar-refractivity contribution in [1.29, 1.82) is 0 Å².